The van der Waals surface area contributed by atoms with Crippen molar-refractivity contribution in [2.75, 3.05) is 33.0 Å². The Bertz CT molecular complexity index is 414. The summed E-state index contributed by atoms with van der Waals surface area (Å²) in [6.45, 7) is 6.65. The van der Waals surface area contributed by atoms with Gasteiger partial charge in [-0.2, -0.15) is 0 Å². The summed E-state index contributed by atoms with van der Waals surface area (Å²) in [6, 6.07) is 0. The summed E-state index contributed by atoms with van der Waals surface area (Å²) in [5.74, 6) is 0.727. The topological polar surface area (TPSA) is 73.4 Å². The smallest absolute Gasteiger partial charge is 0.360 e. The van der Waals surface area contributed by atoms with Gasteiger partial charge in [-0.25, -0.2) is 9.78 Å². The molecule has 6 nitrogen and oxygen atoms in total. The molecule has 6 heteroatoms. The van der Waals surface area contributed by atoms with Gasteiger partial charge in [0.05, 0.1) is 7.11 Å². The zero-order valence-corrected chi connectivity index (χ0v) is 11.6. The zero-order chi connectivity index (χ0) is 13.7. The van der Waals surface area contributed by atoms with Gasteiger partial charge in [-0.05, 0) is 13.6 Å². The summed E-state index contributed by atoms with van der Waals surface area (Å²) in [5.41, 5.74) is 6.18. The number of hydrogen-bond donors (Lipinski definition) is 1. The Balaban J connectivity index is 2.95. The van der Waals surface area contributed by atoms with Gasteiger partial charge in [-0.1, -0.05) is 13.8 Å². The summed E-state index contributed by atoms with van der Waals surface area (Å²) < 4.78 is 6.56. The van der Waals surface area contributed by atoms with Crippen LogP contribution in [-0.4, -0.2) is 47.7 Å². The SMILES string of the molecule is CCc1nc(C(=O)OC)c(N)n1CCN(C)CC. The number of carbonyl (C=O) groups is 1. The molecule has 18 heavy (non-hydrogen) atoms. The molecule has 0 aromatic carbocycles. The Morgan fingerprint density at radius 1 is 1.50 bits per heavy atom. The number of ether oxygens (including phenoxy) is 1. The summed E-state index contributed by atoms with van der Waals surface area (Å²) in [7, 11) is 3.37. The van der Waals surface area contributed by atoms with Gasteiger partial charge in [0.1, 0.15) is 11.6 Å². The molecule has 0 unspecified atom stereocenters. The number of rotatable bonds is 6. The van der Waals surface area contributed by atoms with E-state index in [4.69, 9.17) is 5.73 Å². The van der Waals surface area contributed by atoms with Crippen molar-refractivity contribution in [1.29, 1.82) is 0 Å². The largest absolute Gasteiger partial charge is 0.464 e. The number of aromatic nitrogens is 2. The normalized spacial score (nSPS) is 10.9. The summed E-state index contributed by atoms with van der Waals surface area (Å²) in [6.07, 6.45) is 0.733. The minimum Gasteiger partial charge on any atom is -0.464 e. The van der Waals surface area contributed by atoms with Crippen molar-refractivity contribution < 1.29 is 9.53 Å². The standard InChI is InChI=1S/C12H22N4O2/c1-5-9-14-10(12(17)18-4)11(13)16(9)8-7-15(3)6-2/h5-8,13H2,1-4H3. The van der Waals surface area contributed by atoms with E-state index in [1.54, 1.807) is 0 Å². The highest BCUT2D eigenvalue weighted by atomic mass is 16.5. The van der Waals surface area contributed by atoms with Gasteiger partial charge in [0.2, 0.25) is 0 Å². The van der Waals surface area contributed by atoms with Crippen LogP contribution in [0.15, 0.2) is 0 Å². The lowest BCUT2D eigenvalue weighted by molar-refractivity contribution is 0.0595. The van der Waals surface area contributed by atoms with E-state index < -0.39 is 5.97 Å². The van der Waals surface area contributed by atoms with E-state index in [1.807, 2.05) is 18.5 Å². The maximum Gasteiger partial charge on any atom is 0.360 e. The fraction of sp³-hybridized carbons (Fsp3) is 0.667. The second-order valence-electron chi connectivity index (χ2n) is 4.15. The van der Waals surface area contributed by atoms with Gasteiger partial charge in [0, 0.05) is 19.5 Å². The van der Waals surface area contributed by atoms with Gasteiger partial charge >= 0.3 is 5.97 Å². The minimum absolute atomic E-state index is 0.216. The molecular formula is C12H22N4O2. The summed E-state index contributed by atoms with van der Waals surface area (Å²) >= 11 is 0. The van der Waals surface area contributed by atoms with Crippen molar-refractivity contribution in [3.63, 3.8) is 0 Å². The monoisotopic (exact) mass is 254 g/mol. The third kappa shape index (κ3) is 3.01. The molecule has 1 aromatic heterocycles. The van der Waals surface area contributed by atoms with Crippen molar-refractivity contribution in [2.45, 2.75) is 26.8 Å². The lowest BCUT2D eigenvalue weighted by Crippen LogP contribution is -2.24. The molecular weight excluding hydrogens is 232 g/mol. The maximum absolute atomic E-state index is 11.5. The molecule has 0 saturated heterocycles. The van der Waals surface area contributed by atoms with Crippen molar-refractivity contribution in [3.8, 4) is 0 Å². The average Bonchev–Trinajstić information content (AvgIpc) is 2.71. The first-order chi connectivity index (χ1) is 8.54. The molecule has 0 radical (unpaired) electrons. The van der Waals surface area contributed by atoms with E-state index in [1.165, 1.54) is 7.11 Å². The number of carbonyl (C=O) groups excluding carboxylic acids is 1. The van der Waals surface area contributed by atoms with Crippen LogP contribution in [-0.2, 0) is 17.7 Å². The number of nitrogens with two attached hydrogens (primary N) is 1. The number of likely N-dealkylation sites (N-methyl/N-ethyl adjacent to an activating group) is 1. The van der Waals surface area contributed by atoms with Crippen LogP contribution in [0.2, 0.25) is 0 Å². The lowest BCUT2D eigenvalue weighted by Gasteiger charge is -2.16. The van der Waals surface area contributed by atoms with Crippen LogP contribution in [0.1, 0.15) is 30.2 Å². The minimum atomic E-state index is -0.482. The van der Waals surface area contributed by atoms with Gasteiger partial charge < -0.3 is 19.9 Å². The first kappa shape index (κ1) is 14.5. The number of anilines is 1. The quantitative estimate of drug-likeness (QED) is 0.759. The number of imidazole rings is 1. The highest BCUT2D eigenvalue weighted by Gasteiger charge is 2.20. The van der Waals surface area contributed by atoms with E-state index in [0.717, 1.165) is 31.9 Å². The molecule has 0 bridgehead atoms. The molecule has 0 aliphatic rings. The van der Waals surface area contributed by atoms with Crippen molar-refractivity contribution in [3.05, 3.63) is 11.5 Å². The van der Waals surface area contributed by atoms with E-state index in [-0.39, 0.29) is 5.69 Å². The molecule has 2 N–H and O–H groups in total. The van der Waals surface area contributed by atoms with Gasteiger partial charge in [-0.3, -0.25) is 0 Å². The van der Waals surface area contributed by atoms with Crippen LogP contribution in [0.3, 0.4) is 0 Å². The number of esters is 1. The number of methoxy groups -OCH3 is 1. The molecule has 102 valence electrons. The van der Waals surface area contributed by atoms with E-state index >= 15 is 0 Å². The van der Waals surface area contributed by atoms with E-state index in [9.17, 15) is 4.79 Å². The van der Waals surface area contributed by atoms with Gasteiger partial charge in [0.25, 0.3) is 0 Å². The molecule has 0 spiro atoms. The molecule has 1 rings (SSSR count). The van der Waals surface area contributed by atoms with Crippen LogP contribution >= 0.6 is 0 Å². The number of aryl methyl sites for hydroxylation is 1. The Labute approximate surface area is 108 Å². The number of nitrogen functional groups attached to an aromatic ring is 1. The van der Waals surface area contributed by atoms with Gasteiger partial charge in [-0.15, -0.1) is 0 Å². The predicted molar refractivity (Wildman–Crippen MR) is 70.5 cm³/mol. The first-order valence-corrected chi connectivity index (χ1v) is 6.16. The van der Waals surface area contributed by atoms with Crippen molar-refractivity contribution >= 4 is 11.8 Å². The molecule has 0 saturated carbocycles. The second-order valence-corrected chi connectivity index (χ2v) is 4.15. The van der Waals surface area contributed by atoms with Crippen molar-refractivity contribution in [2.24, 2.45) is 0 Å². The van der Waals surface area contributed by atoms with E-state index in [2.05, 4.69) is 21.5 Å². The molecule has 0 aliphatic heterocycles. The highest BCUT2D eigenvalue weighted by Crippen LogP contribution is 2.16. The zero-order valence-electron chi connectivity index (χ0n) is 11.6. The third-order valence-electron chi connectivity index (χ3n) is 3.03. The molecule has 0 aliphatic carbocycles. The Morgan fingerprint density at radius 3 is 2.67 bits per heavy atom. The highest BCUT2D eigenvalue weighted by molar-refractivity contribution is 5.92. The first-order valence-electron chi connectivity index (χ1n) is 6.16. The van der Waals surface area contributed by atoms with Crippen molar-refractivity contribution in [1.82, 2.24) is 14.5 Å². The predicted octanol–water partition coefficient (Wildman–Crippen LogP) is 0.766. The number of hydrogen-bond acceptors (Lipinski definition) is 5. The molecule has 1 aromatic rings. The Morgan fingerprint density at radius 2 is 2.17 bits per heavy atom. The molecule has 1 heterocycles. The fourth-order valence-electron chi connectivity index (χ4n) is 1.71. The molecule has 0 fully saturated rings. The van der Waals surface area contributed by atoms with Crippen LogP contribution in [0.4, 0.5) is 5.82 Å². The fourth-order valence-corrected chi connectivity index (χ4v) is 1.71. The lowest BCUT2D eigenvalue weighted by atomic mass is 10.4. The Hall–Kier alpha value is -1.56. The average molecular weight is 254 g/mol. The Kier molecular flexibility index (Phi) is 5.15. The van der Waals surface area contributed by atoms with Crippen LogP contribution in [0.5, 0.6) is 0 Å². The van der Waals surface area contributed by atoms with Gasteiger partial charge in [0.15, 0.2) is 5.69 Å². The second kappa shape index (κ2) is 6.39. The van der Waals surface area contributed by atoms with Crippen LogP contribution in [0, 0.1) is 0 Å². The van der Waals surface area contributed by atoms with E-state index in [0.29, 0.717) is 5.82 Å². The summed E-state index contributed by atoms with van der Waals surface area (Å²) in [4.78, 5) is 17.9. The number of nitrogens with zero attached hydrogens (tertiary/aromatic N) is 3. The summed E-state index contributed by atoms with van der Waals surface area (Å²) in [5, 5.41) is 0. The maximum atomic E-state index is 11.5. The molecule has 0 atom stereocenters. The van der Waals surface area contributed by atoms with Crippen LogP contribution in [0.25, 0.3) is 0 Å². The molecule has 0 amide bonds. The van der Waals surface area contributed by atoms with Crippen LogP contribution < -0.4 is 5.73 Å². The third-order valence-corrected chi connectivity index (χ3v) is 3.03.